The number of benzene rings is 1. The predicted octanol–water partition coefficient (Wildman–Crippen LogP) is 3.48. The number of thiazole rings is 1. The van der Waals surface area contributed by atoms with Gasteiger partial charge in [-0.3, -0.25) is 0 Å². The van der Waals surface area contributed by atoms with Crippen molar-refractivity contribution in [3.05, 3.63) is 40.3 Å². The summed E-state index contributed by atoms with van der Waals surface area (Å²) in [5.41, 5.74) is 0.970. The highest BCUT2D eigenvalue weighted by Gasteiger charge is 2.04. The summed E-state index contributed by atoms with van der Waals surface area (Å²) in [4.78, 5) is 4.56. The number of hydrogen-bond acceptors (Lipinski definition) is 5. The average Bonchev–Trinajstić information content (AvgIpc) is 2.93. The van der Waals surface area contributed by atoms with Crippen LogP contribution in [0.5, 0.6) is 11.5 Å². The molecule has 1 aromatic heterocycles. The Bertz CT molecular complexity index is 537. The van der Waals surface area contributed by atoms with E-state index in [0.717, 1.165) is 35.3 Å². The van der Waals surface area contributed by atoms with E-state index in [2.05, 4.69) is 29.5 Å². The summed E-state index contributed by atoms with van der Waals surface area (Å²) >= 11 is 1.67. The normalized spacial score (nSPS) is 10.9. The first-order valence-electron chi connectivity index (χ1n) is 7.08. The topological polar surface area (TPSA) is 43.4 Å². The van der Waals surface area contributed by atoms with E-state index >= 15 is 0 Å². The van der Waals surface area contributed by atoms with Gasteiger partial charge in [0.2, 0.25) is 0 Å². The summed E-state index contributed by atoms with van der Waals surface area (Å²) < 4.78 is 10.8. The van der Waals surface area contributed by atoms with Gasteiger partial charge in [0.25, 0.3) is 0 Å². The minimum Gasteiger partial charge on any atom is -0.497 e. The van der Waals surface area contributed by atoms with Crippen LogP contribution in [0.25, 0.3) is 0 Å². The van der Waals surface area contributed by atoms with E-state index in [1.807, 2.05) is 24.3 Å². The molecule has 21 heavy (non-hydrogen) atoms. The highest BCUT2D eigenvalue weighted by Crippen LogP contribution is 2.18. The molecular weight excluding hydrogens is 284 g/mol. The zero-order valence-electron chi connectivity index (χ0n) is 12.8. The maximum atomic E-state index is 5.72. The molecule has 0 spiro atoms. The molecule has 0 atom stereocenters. The molecule has 5 heteroatoms. The minimum absolute atomic E-state index is 0.493. The molecule has 0 aliphatic heterocycles. The van der Waals surface area contributed by atoms with Crippen molar-refractivity contribution in [3.63, 3.8) is 0 Å². The second-order valence-corrected chi connectivity index (χ2v) is 6.16. The van der Waals surface area contributed by atoms with E-state index in [-0.39, 0.29) is 0 Å². The molecule has 1 heterocycles. The zero-order valence-corrected chi connectivity index (χ0v) is 13.6. The summed E-state index contributed by atoms with van der Waals surface area (Å²) in [6, 6.07) is 7.57. The molecule has 0 amide bonds. The van der Waals surface area contributed by atoms with Crippen LogP contribution in [0.4, 0.5) is 0 Å². The highest BCUT2D eigenvalue weighted by atomic mass is 32.1. The predicted molar refractivity (Wildman–Crippen MR) is 86.0 cm³/mol. The molecule has 1 aromatic carbocycles. The fourth-order valence-electron chi connectivity index (χ4n) is 1.79. The van der Waals surface area contributed by atoms with Crippen molar-refractivity contribution in [1.82, 2.24) is 10.3 Å². The lowest BCUT2D eigenvalue weighted by atomic mass is 10.2. The molecule has 0 aliphatic rings. The Morgan fingerprint density at radius 3 is 2.57 bits per heavy atom. The highest BCUT2D eigenvalue weighted by molar-refractivity contribution is 7.09. The number of hydrogen-bond donors (Lipinski definition) is 1. The van der Waals surface area contributed by atoms with Crippen molar-refractivity contribution in [1.29, 1.82) is 0 Å². The molecule has 0 unspecified atom stereocenters. The summed E-state index contributed by atoms with van der Waals surface area (Å²) in [6.45, 7) is 6.72. The molecule has 0 fully saturated rings. The molecular formula is C16H22N2O2S. The van der Waals surface area contributed by atoms with Gasteiger partial charge in [0, 0.05) is 11.9 Å². The van der Waals surface area contributed by atoms with E-state index in [4.69, 9.17) is 9.47 Å². The lowest BCUT2D eigenvalue weighted by Gasteiger charge is -2.06. The fraction of sp³-hybridized carbons (Fsp3) is 0.438. The molecule has 2 rings (SSSR count). The largest absolute Gasteiger partial charge is 0.497 e. The first kappa shape index (κ1) is 15.8. The molecule has 0 saturated carbocycles. The van der Waals surface area contributed by atoms with Gasteiger partial charge in [-0.15, -0.1) is 11.3 Å². The van der Waals surface area contributed by atoms with Crippen molar-refractivity contribution in [2.24, 2.45) is 5.92 Å². The maximum Gasteiger partial charge on any atom is 0.131 e. The van der Waals surface area contributed by atoms with Gasteiger partial charge in [0.15, 0.2) is 0 Å². The number of methoxy groups -OCH3 is 1. The van der Waals surface area contributed by atoms with Gasteiger partial charge in [-0.25, -0.2) is 4.98 Å². The standard InChI is InChI=1S/C16H22N2O2S/c1-12(2)8-17-9-16-18-13(11-21-16)10-20-15-6-4-14(19-3)5-7-15/h4-7,11-12,17H,8-10H2,1-3H3. The monoisotopic (exact) mass is 306 g/mol. The lowest BCUT2D eigenvalue weighted by molar-refractivity contribution is 0.301. The first-order valence-corrected chi connectivity index (χ1v) is 7.96. The van der Waals surface area contributed by atoms with E-state index in [1.54, 1.807) is 18.4 Å². The third kappa shape index (κ3) is 5.36. The third-order valence-corrected chi connectivity index (χ3v) is 3.77. The van der Waals surface area contributed by atoms with Gasteiger partial charge >= 0.3 is 0 Å². The molecule has 1 N–H and O–H groups in total. The van der Waals surface area contributed by atoms with E-state index < -0.39 is 0 Å². The van der Waals surface area contributed by atoms with Crippen LogP contribution in [-0.2, 0) is 13.2 Å². The van der Waals surface area contributed by atoms with Crippen LogP contribution < -0.4 is 14.8 Å². The van der Waals surface area contributed by atoms with E-state index in [0.29, 0.717) is 12.5 Å². The van der Waals surface area contributed by atoms with Crippen LogP contribution >= 0.6 is 11.3 Å². The van der Waals surface area contributed by atoms with Crippen LogP contribution in [0, 0.1) is 5.92 Å². The van der Waals surface area contributed by atoms with Gasteiger partial charge in [-0.2, -0.15) is 0 Å². The van der Waals surface area contributed by atoms with Gasteiger partial charge in [-0.05, 0) is 36.7 Å². The molecule has 0 saturated heterocycles. The summed E-state index contributed by atoms with van der Waals surface area (Å²) in [5, 5.41) is 6.55. The molecule has 0 aliphatic carbocycles. The number of aromatic nitrogens is 1. The quantitative estimate of drug-likeness (QED) is 0.811. The van der Waals surface area contributed by atoms with Gasteiger partial charge in [0.1, 0.15) is 23.1 Å². The Morgan fingerprint density at radius 1 is 1.19 bits per heavy atom. The maximum absolute atomic E-state index is 5.72. The lowest BCUT2D eigenvalue weighted by Crippen LogP contribution is -2.18. The van der Waals surface area contributed by atoms with Gasteiger partial charge in [-0.1, -0.05) is 13.8 Å². The van der Waals surface area contributed by atoms with Crippen LogP contribution in [0.1, 0.15) is 24.5 Å². The van der Waals surface area contributed by atoms with Crippen molar-refractivity contribution in [2.45, 2.75) is 27.0 Å². The van der Waals surface area contributed by atoms with Crippen molar-refractivity contribution < 1.29 is 9.47 Å². The molecule has 4 nitrogen and oxygen atoms in total. The first-order chi connectivity index (χ1) is 10.2. The Balaban J connectivity index is 1.79. The summed E-state index contributed by atoms with van der Waals surface area (Å²) in [5.74, 6) is 2.31. The number of nitrogens with one attached hydrogen (secondary N) is 1. The number of nitrogens with zero attached hydrogens (tertiary/aromatic N) is 1. The molecule has 0 radical (unpaired) electrons. The number of ether oxygens (including phenoxy) is 2. The average molecular weight is 306 g/mol. The fourth-order valence-corrected chi connectivity index (χ4v) is 2.54. The van der Waals surface area contributed by atoms with Crippen LogP contribution in [0.15, 0.2) is 29.6 Å². The second-order valence-electron chi connectivity index (χ2n) is 5.22. The summed E-state index contributed by atoms with van der Waals surface area (Å²) in [7, 11) is 1.65. The van der Waals surface area contributed by atoms with Crippen LogP contribution in [-0.4, -0.2) is 18.6 Å². The van der Waals surface area contributed by atoms with Gasteiger partial charge in [0.05, 0.1) is 12.8 Å². The second kappa shape index (κ2) is 8.00. The molecule has 2 aromatic rings. The van der Waals surface area contributed by atoms with Crippen molar-refractivity contribution >= 4 is 11.3 Å². The Kier molecular flexibility index (Phi) is 6.02. The van der Waals surface area contributed by atoms with Crippen LogP contribution in [0.2, 0.25) is 0 Å². The SMILES string of the molecule is COc1ccc(OCc2csc(CNCC(C)C)n2)cc1. The third-order valence-electron chi connectivity index (χ3n) is 2.87. The Hall–Kier alpha value is -1.59. The molecule has 0 bridgehead atoms. The molecule has 114 valence electrons. The van der Waals surface area contributed by atoms with Crippen molar-refractivity contribution in [3.8, 4) is 11.5 Å². The number of rotatable bonds is 8. The smallest absolute Gasteiger partial charge is 0.131 e. The minimum atomic E-state index is 0.493. The zero-order chi connectivity index (χ0) is 15.1. The summed E-state index contributed by atoms with van der Waals surface area (Å²) in [6.07, 6.45) is 0. The van der Waals surface area contributed by atoms with E-state index in [9.17, 15) is 0 Å². The van der Waals surface area contributed by atoms with E-state index in [1.165, 1.54) is 0 Å². The Labute approximate surface area is 130 Å². The Morgan fingerprint density at radius 2 is 1.90 bits per heavy atom. The van der Waals surface area contributed by atoms with Gasteiger partial charge < -0.3 is 14.8 Å². The van der Waals surface area contributed by atoms with Crippen molar-refractivity contribution in [2.75, 3.05) is 13.7 Å². The van der Waals surface area contributed by atoms with Crippen LogP contribution in [0.3, 0.4) is 0 Å².